The number of nitrogens with one attached hydrogen (secondary N) is 2. The topological polar surface area (TPSA) is 179 Å². The quantitative estimate of drug-likeness (QED) is 0.0776. The monoisotopic (exact) mass is 742 g/mol. The molecule has 44 heavy (non-hydrogen) atoms. The third-order valence-electron chi connectivity index (χ3n) is 6.46. The van der Waals surface area contributed by atoms with Gasteiger partial charge in [0.05, 0.1) is 9.85 Å². The van der Waals surface area contributed by atoms with Crippen molar-refractivity contribution in [3.05, 3.63) is 102 Å². The van der Waals surface area contributed by atoms with Gasteiger partial charge in [-0.15, -0.1) is 0 Å². The molecule has 0 atom stereocenters. The predicted molar refractivity (Wildman–Crippen MR) is 166 cm³/mol. The number of carbonyl (C=O) groups is 2. The molecule has 0 aromatic rings. The van der Waals surface area contributed by atoms with Gasteiger partial charge in [-0.1, -0.05) is 12.8 Å². The van der Waals surface area contributed by atoms with Crippen molar-refractivity contribution in [1.82, 2.24) is 20.7 Å². The molecule has 2 aliphatic carbocycles. The Hall–Kier alpha value is -2.76. The van der Waals surface area contributed by atoms with Crippen LogP contribution in [0.4, 0.5) is 0 Å². The Kier molecular flexibility index (Phi) is 18.1. The van der Waals surface area contributed by atoms with E-state index in [-0.39, 0.29) is 68.2 Å². The Bertz CT molecular complexity index is 1200. The van der Waals surface area contributed by atoms with E-state index in [9.17, 15) is 29.8 Å². The molecule has 2 heterocycles. The van der Waals surface area contributed by atoms with Gasteiger partial charge >= 0.3 is 17.1 Å². The summed E-state index contributed by atoms with van der Waals surface area (Å²) in [5, 5.41) is 22.4. The summed E-state index contributed by atoms with van der Waals surface area (Å²) in [7, 11) is 0. The number of likely N-dealkylation sites (tertiary alicyclic amines) is 2. The number of piperidine rings is 2. The van der Waals surface area contributed by atoms with Crippen molar-refractivity contribution in [1.29, 1.82) is 0 Å². The Labute approximate surface area is 286 Å². The molecule has 18 heteroatoms. The molecule has 0 amide bonds. The number of ketones is 2. The Balaban J connectivity index is 0.000000421. The second-order valence-corrected chi connectivity index (χ2v) is 10.2. The molecule has 2 saturated heterocycles. The molecular weight excluding hydrogens is 712 g/mol. The number of carbonyl (C=O) groups excluding carboxylic acids is 2. The molecule has 14 nitrogen and oxygen atoms in total. The molecule has 4 rings (SSSR count). The Morgan fingerprint density at radius 2 is 1.05 bits per heavy atom. The fourth-order valence-electron chi connectivity index (χ4n) is 4.17. The van der Waals surface area contributed by atoms with E-state index in [0.717, 1.165) is 51.9 Å². The van der Waals surface area contributed by atoms with Crippen LogP contribution >= 0.6 is 0 Å². The first-order valence-corrected chi connectivity index (χ1v) is 14.2. The summed E-state index contributed by atoms with van der Waals surface area (Å²) in [6, 6.07) is 0. The molecule has 244 valence electrons. The van der Waals surface area contributed by atoms with Crippen molar-refractivity contribution in [3.8, 4) is 0 Å². The maximum atomic E-state index is 11.6. The van der Waals surface area contributed by atoms with Gasteiger partial charge in [0.15, 0.2) is 46.2 Å². The van der Waals surface area contributed by atoms with Crippen molar-refractivity contribution >= 4 is 46.2 Å². The van der Waals surface area contributed by atoms with Crippen LogP contribution in [0.3, 0.4) is 0 Å². The third-order valence-corrected chi connectivity index (χ3v) is 7.22. The fourth-order valence-corrected chi connectivity index (χ4v) is 4.69. The summed E-state index contributed by atoms with van der Waals surface area (Å²) >= 11 is 8.61. The van der Waals surface area contributed by atoms with Gasteiger partial charge in [-0.05, 0) is 50.2 Å². The van der Waals surface area contributed by atoms with Crippen molar-refractivity contribution in [2.75, 3.05) is 26.2 Å². The van der Waals surface area contributed by atoms with Crippen LogP contribution in [0.2, 0.25) is 0 Å². The normalized spacial score (nSPS) is 20.3. The van der Waals surface area contributed by atoms with Gasteiger partial charge < -0.3 is 21.7 Å². The van der Waals surface area contributed by atoms with Gasteiger partial charge in [-0.25, -0.2) is 9.80 Å². The minimum atomic E-state index is -0.544. The molecular formula is C26H32Cu2N8O6S2+2. The van der Waals surface area contributed by atoms with Gasteiger partial charge in [0, 0.05) is 78.7 Å². The van der Waals surface area contributed by atoms with E-state index in [1.807, 2.05) is 9.80 Å². The van der Waals surface area contributed by atoms with E-state index in [1.165, 1.54) is 61.7 Å². The number of nitro groups is 2. The zero-order valence-corrected chi connectivity index (χ0v) is 27.0. The van der Waals surface area contributed by atoms with Crippen LogP contribution in [0.15, 0.2) is 71.4 Å². The summed E-state index contributed by atoms with van der Waals surface area (Å²) in [4.78, 5) is 47.5. The van der Waals surface area contributed by atoms with Crippen molar-refractivity contribution in [3.63, 3.8) is 0 Å². The molecule has 2 aliphatic heterocycles. The average molecular weight is 744 g/mol. The number of nitrogens with zero attached hydrogens (tertiary/aromatic N) is 6. The van der Waals surface area contributed by atoms with E-state index >= 15 is 0 Å². The predicted octanol–water partition coefficient (Wildman–Crippen LogP) is 1.80. The molecule has 0 spiro atoms. The Morgan fingerprint density at radius 1 is 0.705 bits per heavy atom. The van der Waals surface area contributed by atoms with Crippen LogP contribution < -0.4 is 10.9 Å². The third kappa shape index (κ3) is 12.7. The van der Waals surface area contributed by atoms with E-state index in [1.54, 1.807) is 0 Å². The molecule has 4 aliphatic rings. The summed E-state index contributed by atoms with van der Waals surface area (Å²) in [5.74, 6) is -0.607. The first-order valence-electron chi connectivity index (χ1n) is 13.3. The van der Waals surface area contributed by atoms with Gasteiger partial charge in [0.1, 0.15) is 0 Å². The second-order valence-electron chi connectivity index (χ2n) is 9.42. The molecule has 2 N–H and O–H groups in total. The first kappa shape index (κ1) is 39.3. The molecule has 0 bridgehead atoms. The molecule has 0 aromatic heterocycles. The molecule has 0 saturated carbocycles. The van der Waals surface area contributed by atoms with Crippen LogP contribution in [0.1, 0.15) is 38.5 Å². The molecule has 2 fully saturated rings. The number of allylic oxidation sites excluding steroid dienone is 8. The van der Waals surface area contributed by atoms with E-state index in [0.29, 0.717) is 10.2 Å². The van der Waals surface area contributed by atoms with Crippen LogP contribution in [0, 0.1) is 20.2 Å². The van der Waals surface area contributed by atoms with Crippen LogP contribution in [0.5, 0.6) is 0 Å². The number of hydrogen-bond acceptors (Lipinski definition) is 8. The fraction of sp³-hybridized carbons (Fsp3) is 0.385. The van der Waals surface area contributed by atoms with E-state index in [4.69, 9.17) is 0 Å². The molecule has 0 aromatic carbocycles. The standard InChI is InChI=1S/2C13H16N4O3S.2Cu/c2*18-12-5-4-11(17(19)20)8-10(12)9-14-15-13(21)16-6-2-1-3-7-16;;/h2*4-5,8-9H,1-3,6-7H2,(H2,14,15,18,21);;/q;;;+2. The van der Waals surface area contributed by atoms with Crippen LogP contribution in [-0.4, -0.2) is 67.6 Å². The van der Waals surface area contributed by atoms with Gasteiger partial charge in [0.25, 0.3) is 11.4 Å². The SMILES string of the molecule is O=C1C=CC([N+](=O)[O-])=CC1=CN[N-]C(=[SH+])N1CCCCC1.O=C1C=CC([N+](=O)[O-])=CC1=CN[N-]C(=[SH+])N1CCCCC1.[Cu+2].[Cu]. The molecule has 0 unspecified atom stereocenters. The average Bonchev–Trinajstić information content (AvgIpc) is 3.00. The number of thiol groups is 2. The van der Waals surface area contributed by atoms with Crippen molar-refractivity contribution in [2.45, 2.75) is 38.5 Å². The second kappa shape index (κ2) is 20.3. The minimum absolute atomic E-state index is 0. The number of rotatable bonds is 6. The van der Waals surface area contributed by atoms with Crippen molar-refractivity contribution < 1.29 is 53.6 Å². The van der Waals surface area contributed by atoms with Crippen LogP contribution in [-0.2, 0) is 68.2 Å². The summed E-state index contributed by atoms with van der Waals surface area (Å²) in [6.45, 7) is 3.64. The summed E-state index contributed by atoms with van der Waals surface area (Å²) < 4.78 is 0. The van der Waals surface area contributed by atoms with E-state index in [2.05, 4.69) is 46.1 Å². The molecule has 2 radical (unpaired) electrons. The Morgan fingerprint density at radius 3 is 1.36 bits per heavy atom. The van der Waals surface area contributed by atoms with Gasteiger partial charge in [-0.2, -0.15) is 0 Å². The zero-order valence-electron chi connectivity index (χ0n) is 23.3. The maximum Gasteiger partial charge on any atom is 2.00 e. The van der Waals surface area contributed by atoms with Crippen molar-refractivity contribution in [2.24, 2.45) is 0 Å². The van der Waals surface area contributed by atoms with E-state index < -0.39 is 9.85 Å². The zero-order chi connectivity index (χ0) is 30.5. The van der Waals surface area contributed by atoms with Gasteiger partial charge in [-0.3, -0.25) is 29.8 Å². The van der Waals surface area contributed by atoms with Crippen LogP contribution in [0.25, 0.3) is 10.9 Å². The first-order chi connectivity index (χ1) is 20.2. The summed E-state index contributed by atoms with van der Waals surface area (Å²) in [6.07, 6.45) is 16.7. The maximum absolute atomic E-state index is 11.6. The minimum Gasteiger partial charge on any atom is -0.481 e. The van der Waals surface area contributed by atoms with Gasteiger partial charge in [0.2, 0.25) is 0 Å². The largest absolute Gasteiger partial charge is 2.00 e. The smallest absolute Gasteiger partial charge is 0.481 e. The summed E-state index contributed by atoms with van der Waals surface area (Å²) in [5.41, 5.74) is 13.5. The number of hydrogen-bond donors (Lipinski definition) is 2.